The smallest absolute Gasteiger partial charge is 0.333 e. The Balaban J connectivity index is 3.18. The number of carbonyl (C=O) groups is 2. The summed E-state index contributed by atoms with van der Waals surface area (Å²) in [6, 6.07) is 0. The Hall–Kier alpha value is -2.32. The summed E-state index contributed by atoms with van der Waals surface area (Å²) in [6.45, 7) is 18.1. The number of ether oxygens (including phenoxy) is 4. The Kier molecular flexibility index (Phi) is 24.3. The van der Waals surface area contributed by atoms with Crippen molar-refractivity contribution in [2.24, 2.45) is 35.5 Å². The molecule has 1 aliphatic rings. The minimum absolute atomic E-state index is 0.0857. The highest BCUT2D eigenvalue weighted by molar-refractivity contribution is 5.87. The average Bonchev–Trinajstić information content (AvgIpc) is 3.18. The lowest BCUT2D eigenvalue weighted by Gasteiger charge is -2.43. The van der Waals surface area contributed by atoms with E-state index in [9.17, 15) is 55.5 Å². The zero-order valence-electron chi connectivity index (χ0n) is 36.8. The molecule has 1 rings (SSSR count). The number of rotatable bonds is 25. The lowest BCUT2D eigenvalue weighted by molar-refractivity contribution is -0.317. The minimum Gasteiger partial charge on any atom is -0.463 e. The van der Waals surface area contributed by atoms with E-state index in [0.29, 0.717) is 23.0 Å². The molecule has 0 amide bonds. The molecule has 0 aromatic carbocycles. The minimum atomic E-state index is -1.89. The third-order valence-electron chi connectivity index (χ3n) is 11.3. The molecular weight excluding hydrogens is 772 g/mol. The maximum absolute atomic E-state index is 12.6. The Labute approximate surface area is 350 Å². The number of esters is 2. The van der Waals surface area contributed by atoms with Crippen LogP contribution in [0.25, 0.3) is 0 Å². The molecule has 1 saturated heterocycles. The van der Waals surface area contributed by atoms with E-state index >= 15 is 0 Å². The first-order valence-electron chi connectivity index (χ1n) is 20.8. The van der Waals surface area contributed by atoms with E-state index < -0.39 is 110 Å². The van der Waals surface area contributed by atoms with Crippen LogP contribution >= 0.6 is 0 Å². The fourth-order valence-electron chi connectivity index (χ4n) is 7.55. The molecule has 18 atom stereocenters. The Bertz CT molecular complexity index is 1350. The van der Waals surface area contributed by atoms with Crippen molar-refractivity contribution in [3.05, 3.63) is 34.9 Å². The highest BCUT2D eigenvalue weighted by Crippen LogP contribution is 2.33. The number of hydrogen-bond acceptors (Lipinski definition) is 16. The van der Waals surface area contributed by atoms with Crippen LogP contribution in [0.5, 0.6) is 0 Å². The topological polar surface area (TPSA) is 273 Å². The fourth-order valence-corrected chi connectivity index (χ4v) is 7.55. The summed E-state index contributed by atoms with van der Waals surface area (Å²) in [4.78, 5) is 24.0. The molecule has 344 valence electrons. The number of hydrogen-bond donors (Lipinski definition) is 10. The van der Waals surface area contributed by atoms with Crippen LogP contribution in [-0.4, -0.2) is 156 Å². The Morgan fingerprint density at radius 2 is 1.20 bits per heavy atom. The molecule has 0 aliphatic carbocycles. The first-order chi connectivity index (χ1) is 27.4. The summed E-state index contributed by atoms with van der Waals surface area (Å²) in [5.41, 5.74) is 1.23. The molecule has 0 bridgehead atoms. The van der Waals surface area contributed by atoms with Gasteiger partial charge in [-0.2, -0.15) is 0 Å². The zero-order chi connectivity index (χ0) is 45.5. The van der Waals surface area contributed by atoms with Crippen molar-refractivity contribution < 1.29 is 79.6 Å². The Morgan fingerprint density at radius 1 is 0.678 bits per heavy atom. The van der Waals surface area contributed by atoms with Crippen molar-refractivity contribution in [1.29, 1.82) is 0 Å². The molecule has 1 aliphatic heterocycles. The second-order valence-corrected chi connectivity index (χ2v) is 17.0. The van der Waals surface area contributed by atoms with Crippen molar-refractivity contribution >= 4 is 11.9 Å². The molecule has 10 N–H and O–H groups in total. The van der Waals surface area contributed by atoms with Gasteiger partial charge in [0.2, 0.25) is 0 Å². The molecular formula is C43H76O16. The summed E-state index contributed by atoms with van der Waals surface area (Å²) >= 11 is 0. The molecule has 0 saturated carbocycles. The van der Waals surface area contributed by atoms with Crippen molar-refractivity contribution in [2.45, 2.75) is 169 Å². The summed E-state index contributed by atoms with van der Waals surface area (Å²) in [5.74, 6) is -2.10. The van der Waals surface area contributed by atoms with E-state index in [1.165, 1.54) is 19.9 Å². The lowest BCUT2D eigenvalue weighted by Crippen LogP contribution is -2.60. The van der Waals surface area contributed by atoms with Crippen LogP contribution < -0.4 is 0 Å². The van der Waals surface area contributed by atoms with Crippen LogP contribution in [0.15, 0.2) is 34.9 Å². The number of carbonyl (C=O) groups excluding carboxylic acids is 2. The SMILES string of the molecule is CC[C@H](C)C[C@H](C)C[C@H](C)[C@@H](O[C@@H]1O[C@H](COC(C)=O)[C@@H](O)[C@H](O)[C@@H]1O)[C@@H](C)/C=C(\C)[C@@H](O)[C@@H](C)/C=C(\C)[C@@H](O)[C@@H](C)/C=C(\C)C(=O)OC[C@@H](O)[C@@H](O)[C@H](O)[C@H](O)CO. The van der Waals surface area contributed by atoms with E-state index in [-0.39, 0.29) is 24.0 Å². The third kappa shape index (κ3) is 17.5. The first kappa shape index (κ1) is 54.7. The number of aliphatic hydroxyl groups is 10. The highest BCUT2D eigenvalue weighted by Gasteiger charge is 2.46. The van der Waals surface area contributed by atoms with Gasteiger partial charge in [0.25, 0.3) is 0 Å². The standard InChI is InChI=1S/C43H76O16/c1-12-21(2)13-22(3)14-27(8)41(59-43-40(54)39(53)38(52)33(58-43)20-56-30(11)45)28(9)16-25(6)34(48)23(4)15-24(5)35(49)26(7)17-29(10)42(55)57-19-32(47)37(51)36(50)31(46)18-44/h15-17,21-23,26-28,31-41,43-44,46-54H,12-14,18-20H2,1-11H3/b24-15+,25-16+,29-17+/t21-,22-,23-,26-,27-,28-,31+,32+,33+,34-,35+,36+,37+,38+,39-,40-,41+,43-/m0/s1. The Morgan fingerprint density at radius 3 is 1.73 bits per heavy atom. The molecule has 16 heteroatoms. The first-order valence-corrected chi connectivity index (χ1v) is 20.8. The second-order valence-electron chi connectivity index (χ2n) is 17.0. The third-order valence-corrected chi connectivity index (χ3v) is 11.3. The van der Waals surface area contributed by atoms with E-state index in [2.05, 4.69) is 20.8 Å². The van der Waals surface area contributed by atoms with Crippen LogP contribution in [0.4, 0.5) is 0 Å². The van der Waals surface area contributed by atoms with Crippen molar-refractivity contribution in [3.63, 3.8) is 0 Å². The molecule has 0 aromatic rings. The summed E-state index contributed by atoms with van der Waals surface area (Å²) in [5, 5.41) is 103. The van der Waals surface area contributed by atoms with Crippen molar-refractivity contribution in [3.8, 4) is 0 Å². The maximum atomic E-state index is 12.6. The second kappa shape index (κ2) is 26.2. The van der Waals surface area contributed by atoms with Crippen molar-refractivity contribution in [1.82, 2.24) is 0 Å². The van der Waals surface area contributed by atoms with Crippen LogP contribution in [0.2, 0.25) is 0 Å². The molecule has 16 nitrogen and oxygen atoms in total. The van der Waals surface area contributed by atoms with E-state index in [1.54, 1.807) is 33.8 Å². The fraction of sp³-hybridized carbons (Fsp3) is 0.814. The highest BCUT2D eigenvalue weighted by atomic mass is 16.7. The van der Waals surface area contributed by atoms with Gasteiger partial charge in [-0.25, -0.2) is 4.79 Å². The van der Waals surface area contributed by atoms with Gasteiger partial charge in [-0.1, -0.05) is 73.1 Å². The van der Waals surface area contributed by atoms with Crippen LogP contribution in [0.3, 0.4) is 0 Å². The molecule has 59 heavy (non-hydrogen) atoms. The zero-order valence-corrected chi connectivity index (χ0v) is 36.8. The van der Waals surface area contributed by atoms with Crippen LogP contribution in [-0.2, 0) is 28.5 Å². The van der Waals surface area contributed by atoms with Gasteiger partial charge in [-0.05, 0) is 62.5 Å². The number of aliphatic hydroxyl groups excluding tert-OH is 10. The molecule has 0 unspecified atom stereocenters. The molecule has 0 aromatic heterocycles. The normalized spacial score (nSPS) is 27.5. The van der Waals surface area contributed by atoms with Crippen molar-refractivity contribution in [2.75, 3.05) is 19.8 Å². The van der Waals surface area contributed by atoms with Gasteiger partial charge in [-0.15, -0.1) is 0 Å². The average molecular weight is 849 g/mol. The summed E-state index contributed by atoms with van der Waals surface area (Å²) in [6.07, 6.45) is -9.18. The van der Waals surface area contributed by atoms with Gasteiger partial charge < -0.3 is 70.0 Å². The largest absolute Gasteiger partial charge is 0.463 e. The quantitative estimate of drug-likeness (QED) is 0.0352. The summed E-state index contributed by atoms with van der Waals surface area (Å²) in [7, 11) is 0. The predicted octanol–water partition coefficient (Wildman–Crippen LogP) is 1.29. The van der Waals surface area contributed by atoms with Gasteiger partial charge in [-0.3, -0.25) is 4.79 Å². The van der Waals surface area contributed by atoms with E-state index in [1.807, 2.05) is 19.9 Å². The van der Waals surface area contributed by atoms with E-state index in [0.717, 1.165) is 19.3 Å². The van der Waals surface area contributed by atoms with Crippen LogP contribution in [0.1, 0.15) is 95.4 Å². The van der Waals surface area contributed by atoms with Gasteiger partial charge >= 0.3 is 11.9 Å². The lowest BCUT2D eigenvalue weighted by atomic mass is 9.82. The maximum Gasteiger partial charge on any atom is 0.333 e. The predicted molar refractivity (Wildman–Crippen MR) is 218 cm³/mol. The van der Waals surface area contributed by atoms with Gasteiger partial charge in [0.1, 0.15) is 62.0 Å². The van der Waals surface area contributed by atoms with Crippen LogP contribution in [0, 0.1) is 35.5 Å². The van der Waals surface area contributed by atoms with E-state index in [4.69, 9.17) is 24.1 Å². The summed E-state index contributed by atoms with van der Waals surface area (Å²) < 4.78 is 22.4. The molecule has 0 radical (unpaired) electrons. The van der Waals surface area contributed by atoms with Gasteiger partial charge in [0.15, 0.2) is 6.29 Å². The molecule has 1 fully saturated rings. The molecule has 0 spiro atoms. The molecule has 1 heterocycles. The van der Waals surface area contributed by atoms with Gasteiger partial charge in [0, 0.05) is 30.3 Å². The monoisotopic (exact) mass is 849 g/mol. The van der Waals surface area contributed by atoms with Gasteiger partial charge in [0.05, 0.1) is 24.9 Å².